The second-order valence-corrected chi connectivity index (χ2v) is 26.7. The monoisotopic (exact) mass is 1050 g/mol. The molecule has 18 rings (SSSR count). The molecule has 0 radical (unpaired) electrons. The third kappa shape index (κ3) is 6.18. The van der Waals surface area contributed by atoms with E-state index in [4.69, 9.17) is 9.72 Å². The first kappa shape index (κ1) is 44.4. The molecule has 0 fully saturated rings. The van der Waals surface area contributed by atoms with Crippen molar-refractivity contribution in [2.75, 3.05) is 14.7 Å². The summed E-state index contributed by atoms with van der Waals surface area (Å²) >= 11 is -4.82. The predicted octanol–water partition coefficient (Wildman–Crippen LogP) is 13.8. The first-order valence-electron chi connectivity index (χ1n) is 27.5. The minimum atomic E-state index is -2.43. The maximum absolute atomic E-state index is 7.67. The Kier molecular flexibility index (Phi) is 9.42. The fourth-order valence-electron chi connectivity index (χ4n) is 14.1. The molecule has 80 heavy (non-hydrogen) atoms. The van der Waals surface area contributed by atoms with E-state index in [0.717, 1.165) is 72.7 Å². The van der Waals surface area contributed by atoms with Crippen molar-refractivity contribution in [2.24, 2.45) is 0 Å². The molecule has 0 amide bonds. The van der Waals surface area contributed by atoms with Gasteiger partial charge in [0.25, 0.3) is 0 Å². The number of hydrogen-bond donors (Lipinski definition) is 0. The molecule has 0 N–H and O–H groups in total. The van der Waals surface area contributed by atoms with Crippen LogP contribution < -0.4 is 46.1 Å². The number of fused-ring (bicyclic) bond motifs is 14. The van der Waals surface area contributed by atoms with E-state index in [1.165, 1.54) is 71.8 Å². The lowest BCUT2D eigenvalue weighted by molar-refractivity contribution is 0.486. The molecule has 9 heteroatoms. The number of pyridine rings is 1. The number of nitrogens with zero attached hydrogens (tertiary/aromatic N) is 6. The van der Waals surface area contributed by atoms with Gasteiger partial charge in [0.15, 0.2) is 0 Å². The number of anilines is 9. The Morgan fingerprint density at radius 3 is 1.18 bits per heavy atom. The summed E-state index contributed by atoms with van der Waals surface area (Å²) in [5, 5.41) is 4.91. The Bertz CT molecular complexity index is 4820. The van der Waals surface area contributed by atoms with Crippen molar-refractivity contribution in [1.29, 1.82) is 0 Å². The fourth-order valence-corrected chi connectivity index (χ4v) is 21.0. The van der Waals surface area contributed by atoms with E-state index in [1.807, 2.05) is 0 Å². The molecule has 7 nitrogen and oxygen atoms in total. The molecule has 0 saturated heterocycles. The average Bonchev–Trinajstić information content (AvgIpc) is 3.21. The van der Waals surface area contributed by atoms with E-state index in [-0.39, 0.29) is 0 Å². The van der Waals surface area contributed by atoms with Crippen LogP contribution >= 0.6 is 0 Å². The van der Waals surface area contributed by atoms with E-state index in [0.29, 0.717) is 0 Å². The van der Waals surface area contributed by atoms with Crippen molar-refractivity contribution in [3.05, 3.63) is 267 Å². The molecule has 0 atom stereocenters. The van der Waals surface area contributed by atoms with Crippen molar-refractivity contribution in [1.82, 2.24) is 14.1 Å². The molecular weight excluding hydrogens is 1010 g/mol. The highest BCUT2D eigenvalue weighted by Gasteiger charge is 2.50. The summed E-state index contributed by atoms with van der Waals surface area (Å²) in [5.41, 5.74) is 16.0. The second kappa shape index (κ2) is 17.0. The van der Waals surface area contributed by atoms with Crippen LogP contribution in [0, 0.1) is 0 Å². The Morgan fingerprint density at radius 1 is 0.287 bits per heavy atom. The highest BCUT2D eigenvalue weighted by molar-refractivity contribution is 7.01. The molecule has 4 aliphatic rings. The standard InChI is InChI=1S/C71H44N6O.2Al/c1-6-24-51(25-7-1)73(52-26-8-2-9-27-52)56-44-57(46-58(45-56)76-67-38-20-16-34-63(67)64-35-17-21-39-68(64)76)75(55-32-14-5-15-33-55)71-43-42-61(50-72-71)78-62-48-59(74(53-28-10-3-11-29-53)54-30-12-4-13-31-54)47-60(49-62)77-69-40-22-18-36-65(69)66-37-19-23-41-70(66)77;;/h1-26,28-30,32-42,45-47,49H;;. The van der Waals surface area contributed by atoms with Crippen LogP contribution in [0.25, 0.3) is 55.0 Å². The van der Waals surface area contributed by atoms with Gasteiger partial charge in [0.1, 0.15) is 17.3 Å². The number of ether oxygens (including phenoxy) is 1. The lowest BCUT2D eigenvalue weighted by Gasteiger charge is -2.44. The molecule has 7 heterocycles. The largest absolute Gasteiger partial charge is 0.458 e. The van der Waals surface area contributed by atoms with Gasteiger partial charge < -0.3 is 23.7 Å². The maximum atomic E-state index is 7.67. The van der Waals surface area contributed by atoms with E-state index >= 15 is 0 Å². The normalized spacial score (nSPS) is 13.5. The van der Waals surface area contributed by atoms with Crippen molar-refractivity contribution < 1.29 is 4.74 Å². The van der Waals surface area contributed by atoms with Crippen LogP contribution in [0.3, 0.4) is 0 Å². The van der Waals surface area contributed by atoms with E-state index in [2.05, 4.69) is 291 Å². The lowest BCUT2D eigenvalue weighted by atomic mass is 10.1. The highest BCUT2D eigenvalue weighted by atomic mass is 27.2. The zero-order valence-corrected chi connectivity index (χ0v) is 45.5. The van der Waals surface area contributed by atoms with Gasteiger partial charge in [-0.25, -0.2) is 0 Å². The number of aromatic nitrogens is 3. The molecule has 0 aliphatic carbocycles. The molecular formula is C71H44Al2N6O. The minimum absolute atomic E-state index is 0.858. The van der Waals surface area contributed by atoms with Gasteiger partial charge in [0.05, 0.1) is 33.4 Å². The van der Waals surface area contributed by atoms with Gasteiger partial charge in [-0.05, 0) is 101 Å². The third-order valence-corrected chi connectivity index (χ3v) is 23.8. The quantitative estimate of drug-likeness (QED) is 0.161. The number of rotatable bonds is 5. The molecule has 4 aliphatic heterocycles. The van der Waals surface area contributed by atoms with Gasteiger partial charge in [0, 0.05) is 77.7 Å². The van der Waals surface area contributed by atoms with Crippen molar-refractivity contribution in [3.8, 4) is 22.9 Å². The Labute approximate surface area is 470 Å². The van der Waals surface area contributed by atoms with Crippen LogP contribution in [-0.4, -0.2) is 42.4 Å². The summed E-state index contributed by atoms with van der Waals surface area (Å²) in [7, 11) is 0. The van der Waals surface area contributed by atoms with Gasteiger partial charge in [-0.2, -0.15) is 0 Å². The molecule has 11 aromatic carbocycles. The summed E-state index contributed by atoms with van der Waals surface area (Å²) in [6.45, 7) is 0. The van der Waals surface area contributed by atoms with E-state index in [9.17, 15) is 0 Å². The van der Waals surface area contributed by atoms with Crippen LogP contribution in [-0.2, 0) is 0 Å². The predicted molar refractivity (Wildman–Crippen MR) is 333 cm³/mol. The zero-order chi connectivity index (χ0) is 52.2. The average molecular weight is 1050 g/mol. The Hall–Kier alpha value is -9.57. The van der Waals surface area contributed by atoms with E-state index < -0.39 is 28.3 Å². The van der Waals surface area contributed by atoms with Crippen molar-refractivity contribution >= 4 is 150 Å². The molecule has 0 bridgehead atoms. The van der Waals surface area contributed by atoms with E-state index in [1.54, 1.807) is 0 Å². The number of hydrogen-bond acceptors (Lipinski definition) is 5. The molecule has 3 aromatic heterocycles. The third-order valence-electron chi connectivity index (χ3n) is 17.3. The first-order chi connectivity index (χ1) is 39.7. The molecule has 370 valence electrons. The summed E-state index contributed by atoms with van der Waals surface area (Å²) < 4.78 is 20.2. The number of benzene rings is 11. The molecule has 14 aromatic rings. The highest BCUT2D eigenvalue weighted by Crippen LogP contribution is 2.48. The topological polar surface area (TPSA) is 41.7 Å². The minimum Gasteiger partial charge on any atom is -0.458 e. The van der Waals surface area contributed by atoms with Crippen LogP contribution in [0.2, 0.25) is 0 Å². The maximum Gasteiger partial charge on any atom is 0.430 e. The lowest BCUT2D eigenvalue weighted by Crippen LogP contribution is -2.64. The fraction of sp³-hybridized carbons (Fsp3) is 0. The number of para-hydroxylation sites is 9. The molecule has 0 saturated carbocycles. The van der Waals surface area contributed by atoms with Crippen LogP contribution in [0.4, 0.5) is 51.3 Å². The summed E-state index contributed by atoms with van der Waals surface area (Å²) in [5.74, 6) is 2.74. The zero-order valence-electron chi connectivity index (χ0n) is 43.1. The van der Waals surface area contributed by atoms with Gasteiger partial charge in [-0.15, -0.1) is 0 Å². The van der Waals surface area contributed by atoms with Crippen LogP contribution in [0.15, 0.2) is 267 Å². The summed E-state index contributed by atoms with van der Waals surface area (Å²) in [4.78, 5) is 13.7. The smallest absolute Gasteiger partial charge is 0.430 e. The van der Waals surface area contributed by atoms with Crippen molar-refractivity contribution in [2.45, 2.75) is 0 Å². The van der Waals surface area contributed by atoms with Gasteiger partial charge in [-0.1, -0.05) is 181 Å². The molecule has 0 unspecified atom stereocenters. The second-order valence-electron chi connectivity index (χ2n) is 21.4. The van der Waals surface area contributed by atoms with Crippen molar-refractivity contribution in [3.63, 3.8) is 0 Å². The van der Waals surface area contributed by atoms with Crippen LogP contribution in [0.5, 0.6) is 11.5 Å². The molecule has 0 spiro atoms. The van der Waals surface area contributed by atoms with Gasteiger partial charge in [-0.3, -0.25) is 9.88 Å². The Morgan fingerprint density at radius 2 is 0.675 bits per heavy atom. The summed E-state index contributed by atoms with van der Waals surface area (Å²) in [6.07, 6.45) is 0. The summed E-state index contributed by atoms with van der Waals surface area (Å²) in [6, 6.07) is 98.4. The van der Waals surface area contributed by atoms with Gasteiger partial charge in [0.2, 0.25) is 0 Å². The van der Waals surface area contributed by atoms with Gasteiger partial charge >= 0.3 is 28.3 Å². The SMILES string of the molecule is c1ccc(N2c3cccc[c]3[Al]3[c]4nc5[c](cc4Oc4cc(-n6c7ccccc7c7ccccc76)cc2[c]43)[Al]2[c]3ccccc3N(c3ccccc3)c3cc(-n4c6ccccc6c6ccccc64)cc([c]32)N5c2ccccc2)cc1. The van der Waals surface area contributed by atoms with Crippen LogP contribution in [0.1, 0.15) is 0 Å². The first-order valence-corrected chi connectivity index (χ1v) is 31.0. The Balaban J connectivity index is 0.937.